The number of benzene rings is 1. The summed E-state index contributed by atoms with van der Waals surface area (Å²) in [6.45, 7) is 6.52. The molecule has 1 amide bonds. The average molecular weight is 348 g/mol. The van der Waals surface area contributed by atoms with Gasteiger partial charge in [-0.05, 0) is 45.6 Å². The van der Waals surface area contributed by atoms with Crippen molar-refractivity contribution in [2.75, 3.05) is 13.6 Å². The molecule has 1 N–H and O–H groups in total. The Balaban J connectivity index is 1.95. The van der Waals surface area contributed by atoms with Gasteiger partial charge in [-0.25, -0.2) is 4.68 Å². The molecule has 130 valence electrons. The van der Waals surface area contributed by atoms with Crippen molar-refractivity contribution < 1.29 is 9.21 Å². The Labute approximate surface area is 147 Å². The first kappa shape index (κ1) is 18.4. The minimum absolute atomic E-state index is 0.0375. The number of carbonyl (C=O) groups is 1. The van der Waals surface area contributed by atoms with Crippen molar-refractivity contribution in [2.45, 2.75) is 39.4 Å². The van der Waals surface area contributed by atoms with Crippen LogP contribution in [0.2, 0.25) is 0 Å². The molecule has 2 rings (SSSR count). The van der Waals surface area contributed by atoms with Crippen LogP contribution in [0.3, 0.4) is 0 Å². The molecule has 0 fully saturated rings. The van der Waals surface area contributed by atoms with Crippen molar-refractivity contribution in [1.82, 2.24) is 20.0 Å². The van der Waals surface area contributed by atoms with Crippen LogP contribution in [-0.2, 0) is 17.9 Å². The fourth-order valence-corrected chi connectivity index (χ4v) is 2.46. The van der Waals surface area contributed by atoms with E-state index < -0.39 is 0 Å². The molecule has 0 atom stereocenters. The number of hydrogen-bond acceptors (Lipinski definition) is 5. The van der Waals surface area contributed by atoms with E-state index in [1.165, 1.54) is 0 Å². The summed E-state index contributed by atoms with van der Waals surface area (Å²) in [7, 11) is 1.84. The first-order chi connectivity index (χ1) is 11.2. The monoisotopic (exact) mass is 348 g/mol. The topological polar surface area (TPSA) is 63.3 Å². The van der Waals surface area contributed by atoms with Gasteiger partial charge in [-0.1, -0.05) is 30.3 Å². The SMILES string of the molecule is CN(CC(=O)NC(C)(C)C)Cn1nc(Cc2ccccc2)oc1=S. The molecule has 24 heavy (non-hydrogen) atoms. The van der Waals surface area contributed by atoms with Gasteiger partial charge < -0.3 is 9.73 Å². The third kappa shape index (κ3) is 5.90. The summed E-state index contributed by atoms with van der Waals surface area (Å²) in [5, 5.41) is 7.33. The Morgan fingerprint density at radius 3 is 2.62 bits per heavy atom. The van der Waals surface area contributed by atoms with Gasteiger partial charge in [-0.2, -0.15) is 0 Å². The Morgan fingerprint density at radius 1 is 1.33 bits per heavy atom. The molecule has 0 saturated heterocycles. The molecule has 0 spiro atoms. The minimum Gasteiger partial charge on any atom is -0.414 e. The molecule has 2 aromatic rings. The summed E-state index contributed by atoms with van der Waals surface area (Å²) < 4.78 is 7.14. The molecule has 7 heteroatoms. The first-order valence-electron chi connectivity index (χ1n) is 7.83. The molecule has 0 unspecified atom stereocenters. The lowest BCUT2D eigenvalue weighted by Crippen LogP contribution is -2.45. The van der Waals surface area contributed by atoms with Crippen LogP contribution in [-0.4, -0.2) is 39.7 Å². The molecule has 0 aliphatic heterocycles. The normalized spacial score (nSPS) is 11.7. The van der Waals surface area contributed by atoms with Gasteiger partial charge in [0.25, 0.3) is 4.84 Å². The Kier molecular flexibility index (Phi) is 5.90. The van der Waals surface area contributed by atoms with Crippen LogP contribution >= 0.6 is 12.2 Å². The fourth-order valence-electron chi connectivity index (χ4n) is 2.26. The molecule has 1 aromatic carbocycles. The van der Waals surface area contributed by atoms with Gasteiger partial charge in [-0.15, -0.1) is 5.10 Å². The predicted molar refractivity (Wildman–Crippen MR) is 95.1 cm³/mol. The summed E-state index contributed by atoms with van der Waals surface area (Å²) >= 11 is 5.22. The van der Waals surface area contributed by atoms with Crippen molar-refractivity contribution in [3.8, 4) is 0 Å². The van der Waals surface area contributed by atoms with E-state index in [4.69, 9.17) is 16.6 Å². The minimum atomic E-state index is -0.245. The van der Waals surface area contributed by atoms with E-state index in [2.05, 4.69) is 10.4 Å². The molecule has 0 aliphatic carbocycles. The largest absolute Gasteiger partial charge is 0.414 e. The second-order valence-electron chi connectivity index (χ2n) is 6.88. The van der Waals surface area contributed by atoms with Crippen molar-refractivity contribution in [1.29, 1.82) is 0 Å². The van der Waals surface area contributed by atoms with Crippen LogP contribution in [0.1, 0.15) is 32.2 Å². The Bertz CT molecular complexity index is 731. The van der Waals surface area contributed by atoms with Crippen LogP contribution in [0, 0.1) is 4.84 Å². The third-order valence-electron chi connectivity index (χ3n) is 3.15. The standard InChI is InChI=1S/C17H24N4O2S/c1-17(2,3)18-14(22)11-20(4)12-21-16(24)23-15(19-21)10-13-8-6-5-7-9-13/h5-9H,10-12H2,1-4H3,(H,18,22). The van der Waals surface area contributed by atoms with E-state index in [0.717, 1.165) is 5.56 Å². The van der Waals surface area contributed by atoms with E-state index in [0.29, 0.717) is 23.8 Å². The summed E-state index contributed by atoms with van der Waals surface area (Å²) in [4.78, 5) is 14.1. The summed E-state index contributed by atoms with van der Waals surface area (Å²) in [6, 6.07) is 9.95. The second-order valence-corrected chi connectivity index (χ2v) is 7.23. The highest BCUT2D eigenvalue weighted by Gasteiger charge is 2.16. The van der Waals surface area contributed by atoms with E-state index in [9.17, 15) is 4.79 Å². The smallest absolute Gasteiger partial charge is 0.288 e. The highest BCUT2D eigenvalue weighted by Crippen LogP contribution is 2.08. The van der Waals surface area contributed by atoms with Gasteiger partial charge in [-0.3, -0.25) is 9.69 Å². The van der Waals surface area contributed by atoms with Crippen molar-refractivity contribution in [2.24, 2.45) is 0 Å². The molecular weight excluding hydrogens is 324 g/mol. The van der Waals surface area contributed by atoms with Gasteiger partial charge in [0.05, 0.1) is 19.6 Å². The molecule has 1 aromatic heterocycles. The number of hydrogen-bond donors (Lipinski definition) is 1. The number of likely N-dealkylation sites (N-methyl/N-ethyl adjacent to an activating group) is 1. The van der Waals surface area contributed by atoms with Gasteiger partial charge in [0.2, 0.25) is 11.8 Å². The van der Waals surface area contributed by atoms with Gasteiger partial charge in [0, 0.05) is 5.54 Å². The fraction of sp³-hybridized carbons (Fsp3) is 0.471. The van der Waals surface area contributed by atoms with Gasteiger partial charge >= 0.3 is 0 Å². The first-order valence-corrected chi connectivity index (χ1v) is 8.24. The van der Waals surface area contributed by atoms with Gasteiger partial charge in [0.15, 0.2) is 0 Å². The molecule has 1 heterocycles. The van der Waals surface area contributed by atoms with Crippen LogP contribution in [0.25, 0.3) is 0 Å². The Morgan fingerprint density at radius 2 is 2.00 bits per heavy atom. The molecule has 0 aliphatic rings. The zero-order valence-corrected chi connectivity index (χ0v) is 15.4. The van der Waals surface area contributed by atoms with Crippen LogP contribution < -0.4 is 5.32 Å². The number of rotatable bonds is 6. The number of aromatic nitrogens is 2. The number of nitrogens with one attached hydrogen (secondary N) is 1. The zero-order chi connectivity index (χ0) is 17.7. The summed E-state index contributed by atoms with van der Waals surface area (Å²) in [5.41, 5.74) is 0.865. The zero-order valence-electron chi connectivity index (χ0n) is 14.6. The lowest BCUT2D eigenvalue weighted by Gasteiger charge is -2.23. The van der Waals surface area contributed by atoms with E-state index in [1.54, 1.807) is 4.68 Å². The lowest BCUT2D eigenvalue weighted by atomic mass is 10.1. The molecule has 0 bridgehead atoms. The van der Waals surface area contributed by atoms with E-state index in [-0.39, 0.29) is 18.0 Å². The quantitative estimate of drug-likeness (QED) is 0.813. The predicted octanol–water partition coefficient (Wildman–Crippen LogP) is 2.60. The van der Waals surface area contributed by atoms with Crippen molar-refractivity contribution in [3.63, 3.8) is 0 Å². The Hall–Kier alpha value is -1.99. The van der Waals surface area contributed by atoms with Crippen LogP contribution in [0.5, 0.6) is 0 Å². The number of nitrogens with zero attached hydrogens (tertiary/aromatic N) is 3. The maximum absolute atomic E-state index is 12.0. The lowest BCUT2D eigenvalue weighted by molar-refractivity contribution is -0.123. The second kappa shape index (κ2) is 7.72. The van der Waals surface area contributed by atoms with Crippen molar-refractivity contribution in [3.05, 3.63) is 46.6 Å². The molecular formula is C17H24N4O2S. The van der Waals surface area contributed by atoms with Gasteiger partial charge in [0.1, 0.15) is 0 Å². The maximum Gasteiger partial charge on any atom is 0.288 e. The molecule has 0 saturated carbocycles. The van der Waals surface area contributed by atoms with Crippen LogP contribution in [0.4, 0.5) is 0 Å². The third-order valence-corrected chi connectivity index (χ3v) is 3.44. The highest BCUT2D eigenvalue weighted by molar-refractivity contribution is 7.71. The average Bonchev–Trinajstić information content (AvgIpc) is 2.77. The van der Waals surface area contributed by atoms with E-state index in [1.807, 2.05) is 63.1 Å². The summed E-state index contributed by atoms with van der Waals surface area (Å²) in [5.74, 6) is 0.531. The van der Waals surface area contributed by atoms with Crippen molar-refractivity contribution >= 4 is 18.1 Å². The molecule has 6 nitrogen and oxygen atoms in total. The number of carbonyl (C=O) groups excluding carboxylic acids is 1. The molecule has 0 radical (unpaired) electrons. The van der Waals surface area contributed by atoms with E-state index >= 15 is 0 Å². The number of amides is 1. The summed E-state index contributed by atoms with van der Waals surface area (Å²) in [6.07, 6.45) is 0.589. The highest BCUT2D eigenvalue weighted by atomic mass is 32.1. The maximum atomic E-state index is 12.0. The van der Waals surface area contributed by atoms with Crippen LogP contribution in [0.15, 0.2) is 34.7 Å².